The molecule has 2 heterocycles. The first kappa shape index (κ1) is 27.6. The van der Waals surface area contributed by atoms with Gasteiger partial charge < -0.3 is 20.1 Å². The number of thioether (sulfide) groups is 1. The summed E-state index contributed by atoms with van der Waals surface area (Å²) in [6.07, 6.45) is 0. The maximum Gasteiger partial charge on any atom is 0.325 e. The fourth-order valence-electron chi connectivity index (χ4n) is 4.20. The van der Waals surface area contributed by atoms with Crippen molar-refractivity contribution in [1.29, 1.82) is 0 Å². The number of urea groups is 1. The lowest BCUT2D eigenvalue weighted by Gasteiger charge is -2.29. The van der Waals surface area contributed by atoms with Gasteiger partial charge >= 0.3 is 6.03 Å². The van der Waals surface area contributed by atoms with Gasteiger partial charge in [-0.3, -0.25) is 9.59 Å². The number of carbonyl (C=O) groups is 3. The van der Waals surface area contributed by atoms with Crippen LogP contribution in [0.4, 0.5) is 9.93 Å². The summed E-state index contributed by atoms with van der Waals surface area (Å²) < 4.78 is 10.6. The number of anilines is 1. The van der Waals surface area contributed by atoms with Crippen molar-refractivity contribution in [3.8, 4) is 5.75 Å². The maximum absolute atomic E-state index is 13.6. The van der Waals surface area contributed by atoms with Crippen molar-refractivity contribution < 1.29 is 23.9 Å². The average molecular weight is 555 g/mol. The van der Waals surface area contributed by atoms with Gasteiger partial charge in [0.2, 0.25) is 5.91 Å². The van der Waals surface area contributed by atoms with Gasteiger partial charge in [-0.25, -0.2) is 14.7 Å². The quantitative estimate of drug-likeness (QED) is 0.190. The van der Waals surface area contributed by atoms with Crippen LogP contribution < -0.4 is 15.4 Å². The first-order valence-electron chi connectivity index (χ1n) is 12.2. The SMILES string of the molecule is CCSc1csc(NC(=O)[C@H]([C@@H](C)c2ccccc2)N2C(=O)NC(c3ccc(OCCOC)cc3)C2=O)n1. The molecule has 38 heavy (non-hydrogen) atoms. The summed E-state index contributed by atoms with van der Waals surface area (Å²) in [4.78, 5) is 45.9. The Labute approximate surface area is 229 Å². The van der Waals surface area contributed by atoms with E-state index in [0.717, 1.165) is 21.2 Å². The Morgan fingerprint density at radius 2 is 1.89 bits per heavy atom. The number of nitrogens with one attached hydrogen (secondary N) is 2. The maximum atomic E-state index is 13.6. The number of hydrogen-bond donors (Lipinski definition) is 2. The summed E-state index contributed by atoms with van der Waals surface area (Å²) in [6.45, 7) is 4.71. The van der Waals surface area contributed by atoms with Gasteiger partial charge in [0.15, 0.2) is 5.13 Å². The molecule has 0 bridgehead atoms. The van der Waals surface area contributed by atoms with Crippen LogP contribution in [-0.4, -0.2) is 59.8 Å². The summed E-state index contributed by atoms with van der Waals surface area (Å²) in [7, 11) is 1.60. The highest BCUT2D eigenvalue weighted by Crippen LogP contribution is 2.32. The van der Waals surface area contributed by atoms with Crippen LogP contribution in [0.3, 0.4) is 0 Å². The van der Waals surface area contributed by atoms with Crippen molar-refractivity contribution in [3.63, 3.8) is 0 Å². The number of aromatic nitrogens is 1. The molecule has 1 aliphatic rings. The van der Waals surface area contributed by atoms with Crippen LogP contribution in [-0.2, 0) is 14.3 Å². The molecule has 0 saturated carbocycles. The fourth-order valence-corrected chi connectivity index (χ4v) is 5.70. The fraction of sp³-hybridized carbons (Fsp3) is 0.333. The van der Waals surface area contributed by atoms with E-state index < -0.39 is 35.8 Å². The summed E-state index contributed by atoms with van der Waals surface area (Å²) >= 11 is 2.87. The lowest BCUT2D eigenvalue weighted by molar-refractivity contribution is -0.134. The highest BCUT2D eigenvalue weighted by atomic mass is 32.2. The molecule has 1 aliphatic heterocycles. The second-order valence-corrected chi connectivity index (χ2v) is 10.7. The molecule has 9 nitrogen and oxygen atoms in total. The minimum Gasteiger partial charge on any atom is -0.491 e. The summed E-state index contributed by atoms with van der Waals surface area (Å²) in [5.74, 6) is 0.0424. The van der Waals surface area contributed by atoms with Crippen LogP contribution in [0.5, 0.6) is 5.75 Å². The van der Waals surface area contributed by atoms with Crippen LogP contribution in [0, 0.1) is 0 Å². The zero-order valence-corrected chi connectivity index (χ0v) is 23.0. The number of benzene rings is 2. The van der Waals surface area contributed by atoms with Crippen LogP contribution in [0.25, 0.3) is 0 Å². The Bertz CT molecular complexity index is 1250. The van der Waals surface area contributed by atoms with Gasteiger partial charge in [0.25, 0.3) is 5.91 Å². The molecule has 4 rings (SSSR count). The number of carbonyl (C=O) groups excluding carboxylic acids is 3. The lowest BCUT2D eigenvalue weighted by atomic mass is 9.91. The van der Waals surface area contributed by atoms with Gasteiger partial charge in [-0.2, -0.15) is 0 Å². The molecule has 200 valence electrons. The van der Waals surface area contributed by atoms with E-state index >= 15 is 0 Å². The number of ether oxygens (including phenoxy) is 2. The van der Waals surface area contributed by atoms with Crippen LogP contribution >= 0.6 is 23.1 Å². The van der Waals surface area contributed by atoms with E-state index in [9.17, 15) is 14.4 Å². The molecule has 1 unspecified atom stereocenters. The molecule has 0 spiro atoms. The molecule has 0 radical (unpaired) electrons. The Morgan fingerprint density at radius 3 is 2.58 bits per heavy atom. The van der Waals surface area contributed by atoms with Gasteiger partial charge in [0.1, 0.15) is 29.5 Å². The minimum atomic E-state index is -1.09. The van der Waals surface area contributed by atoms with Gasteiger partial charge in [-0.05, 0) is 29.0 Å². The molecule has 2 N–H and O–H groups in total. The van der Waals surface area contributed by atoms with Crippen molar-refractivity contribution >= 4 is 46.1 Å². The molecule has 2 aromatic carbocycles. The molecule has 1 aromatic heterocycles. The standard InChI is InChI=1S/C27H30N4O5S2/c1-4-37-21-16-38-26(28-21)30-24(32)23(17(2)18-8-6-5-7-9-18)31-25(33)22(29-27(31)34)19-10-12-20(13-11-19)36-15-14-35-3/h5-13,16-17,22-23H,4,14-15H2,1-3H3,(H,29,34)(H,28,30,32)/t17-,22?,23-/m0/s1. The predicted octanol–water partition coefficient (Wildman–Crippen LogP) is 4.68. The zero-order valence-electron chi connectivity index (χ0n) is 21.4. The minimum absolute atomic E-state index is 0.397. The third-order valence-electron chi connectivity index (χ3n) is 6.09. The van der Waals surface area contributed by atoms with Crippen LogP contribution in [0.15, 0.2) is 65.0 Å². The van der Waals surface area contributed by atoms with E-state index in [1.807, 2.05) is 49.6 Å². The van der Waals surface area contributed by atoms with E-state index in [4.69, 9.17) is 9.47 Å². The number of hydrogen-bond acceptors (Lipinski definition) is 8. The first-order valence-corrected chi connectivity index (χ1v) is 14.1. The van der Waals surface area contributed by atoms with Crippen molar-refractivity contribution in [2.75, 3.05) is 31.4 Å². The largest absolute Gasteiger partial charge is 0.491 e. The Hall–Kier alpha value is -3.41. The smallest absolute Gasteiger partial charge is 0.325 e. The molecule has 3 aromatic rings. The summed E-state index contributed by atoms with van der Waals surface area (Å²) in [5, 5.41) is 8.68. The second-order valence-electron chi connectivity index (χ2n) is 8.56. The van der Waals surface area contributed by atoms with E-state index in [1.165, 1.54) is 11.3 Å². The number of rotatable bonds is 12. The van der Waals surface area contributed by atoms with E-state index in [2.05, 4.69) is 15.6 Å². The number of amides is 4. The second kappa shape index (κ2) is 12.9. The monoisotopic (exact) mass is 554 g/mol. The zero-order chi connectivity index (χ0) is 27.1. The van der Waals surface area contributed by atoms with E-state index in [1.54, 1.807) is 43.1 Å². The number of imide groups is 1. The number of thiazole rings is 1. The third kappa shape index (κ3) is 6.35. The highest BCUT2D eigenvalue weighted by molar-refractivity contribution is 7.99. The van der Waals surface area contributed by atoms with Gasteiger partial charge in [0, 0.05) is 18.4 Å². The Morgan fingerprint density at radius 1 is 1.16 bits per heavy atom. The topological polar surface area (TPSA) is 110 Å². The number of methoxy groups -OCH3 is 1. The van der Waals surface area contributed by atoms with E-state index in [0.29, 0.717) is 29.7 Å². The van der Waals surface area contributed by atoms with E-state index in [-0.39, 0.29) is 0 Å². The summed E-state index contributed by atoms with van der Waals surface area (Å²) in [5.41, 5.74) is 1.42. The van der Waals surface area contributed by atoms with Crippen molar-refractivity contribution in [2.45, 2.75) is 36.9 Å². The van der Waals surface area contributed by atoms with Crippen molar-refractivity contribution in [3.05, 3.63) is 71.1 Å². The number of nitrogens with zero attached hydrogens (tertiary/aromatic N) is 2. The van der Waals surface area contributed by atoms with Crippen molar-refractivity contribution in [2.24, 2.45) is 0 Å². The lowest BCUT2D eigenvalue weighted by Crippen LogP contribution is -2.50. The van der Waals surface area contributed by atoms with Crippen LogP contribution in [0.1, 0.15) is 36.9 Å². The Balaban J connectivity index is 1.58. The molecule has 1 saturated heterocycles. The first-order chi connectivity index (χ1) is 18.4. The molecule has 4 amide bonds. The highest BCUT2D eigenvalue weighted by Gasteiger charge is 2.47. The third-order valence-corrected chi connectivity index (χ3v) is 7.79. The van der Waals surface area contributed by atoms with Gasteiger partial charge in [-0.15, -0.1) is 23.1 Å². The molecular formula is C27H30N4O5S2. The molecule has 0 aliphatic carbocycles. The normalized spacial score (nSPS) is 16.7. The molecular weight excluding hydrogens is 524 g/mol. The predicted molar refractivity (Wildman–Crippen MR) is 148 cm³/mol. The van der Waals surface area contributed by atoms with Gasteiger partial charge in [0.05, 0.1) is 6.61 Å². The molecule has 3 atom stereocenters. The van der Waals surface area contributed by atoms with Gasteiger partial charge in [-0.1, -0.05) is 56.3 Å². The average Bonchev–Trinajstić information content (AvgIpc) is 3.49. The molecule has 1 fully saturated rings. The summed E-state index contributed by atoms with van der Waals surface area (Å²) in [6, 6.07) is 13.7. The molecule has 11 heteroatoms. The van der Waals surface area contributed by atoms with Crippen molar-refractivity contribution in [1.82, 2.24) is 15.2 Å². The Kier molecular flexibility index (Phi) is 9.38. The van der Waals surface area contributed by atoms with Crippen LogP contribution in [0.2, 0.25) is 0 Å².